The summed E-state index contributed by atoms with van der Waals surface area (Å²) in [6.45, 7) is 4.96. The first-order chi connectivity index (χ1) is 16.7. The summed E-state index contributed by atoms with van der Waals surface area (Å²) in [7, 11) is 0. The van der Waals surface area contributed by atoms with E-state index in [4.69, 9.17) is 9.47 Å². The van der Waals surface area contributed by atoms with Gasteiger partial charge in [0.2, 0.25) is 5.91 Å². The van der Waals surface area contributed by atoms with Crippen molar-refractivity contribution in [2.45, 2.75) is 19.0 Å². The van der Waals surface area contributed by atoms with Crippen molar-refractivity contribution in [3.05, 3.63) is 73.1 Å². The average molecular weight is 476 g/mol. The molecule has 0 aliphatic rings. The average Bonchev–Trinajstić information content (AvgIpc) is 3.29. The van der Waals surface area contributed by atoms with Crippen LogP contribution < -0.4 is 14.8 Å². The van der Waals surface area contributed by atoms with Crippen molar-refractivity contribution >= 4 is 23.4 Å². The number of amides is 1. The number of hydrogen-bond acceptors (Lipinski definition) is 7. The summed E-state index contributed by atoms with van der Waals surface area (Å²) in [6, 6.07) is 18.8. The smallest absolute Gasteiger partial charge is 0.234 e. The number of thioether (sulfide) groups is 1. The molecule has 4 rings (SSSR count). The standard InChI is InChI=1S/C25H25N5O3S/c1-3-32-20-13-11-19(12-14-20)30-24(18-8-7-15-26-16-18)28-29-25(30)34-17-23(31)27-21-9-5-6-10-22(21)33-4-2/h5-16H,3-4,17H2,1-2H3,(H,27,31). The lowest BCUT2D eigenvalue weighted by atomic mass is 10.2. The number of nitrogens with one attached hydrogen (secondary N) is 1. The number of nitrogens with zero attached hydrogens (tertiary/aromatic N) is 4. The fraction of sp³-hybridized carbons (Fsp3) is 0.200. The van der Waals surface area contributed by atoms with E-state index >= 15 is 0 Å². The van der Waals surface area contributed by atoms with Crippen molar-refractivity contribution in [1.82, 2.24) is 19.7 Å². The predicted octanol–water partition coefficient (Wildman–Crippen LogP) is 4.86. The number of carbonyl (C=O) groups excluding carboxylic acids is 1. The van der Waals surface area contributed by atoms with E-state index < -0.39 is 0 Å². The van der Waals surface area contributed by atoms with Gasteiger partial charge < -0.3 is 14.8 Å². The van der Waals surface area contributed by atoms with E-state index in [2.05, 4.69) is 20.5 Å². The third kappa shape index (κ3) is 5.55. The van der Waals surface area contributed by atoms with Gasteiger partial charge in [0.05, 0.1) is 24.7 Å². The summed E-state index contributed by atoms with van der Waals surface area (Å²) >= 11 is 1.30. The van der Waals surface area contributed by atoms with Crippen molar-refractivity contribution in [3.8, 4) is 28.6 Å². The van der Waals surface area contributed by atoms with E-state index in [9.17, 15) is 4.79 Å². The number of para-hydroxylation sites is 2. The molecule has 0 aliphatic heterocycles. The zero-order valence-electron chi connectivity index (χ0n) is 19.0. The molecule has 0 fully saturated rings. The van der Waals surface area contributed by atoms with Crippen LogP contribution in [0.25, 0.3) is 17.1 Å². The molecule has 0 radical (unpaired) electrons. The molecule has 1 amide bonds. The summed E-state index contributed by atoms with van der Waals surface area (Å²) in [6.07, 6.45) is 3.45. The fourth-order valence-corrected chi connectivity index (χ4v) is 4.06. The number of rotatable bonds is 10. The van der Waals surface area contributed by atoms with Gasteiger partial charge in [-0.25, -0.2) is 0 Å². The number of anilines is 1. The Morgan fingerprint density at radius 2 is 1.76 bits per heavy atom. The fourth-order valence-electron chi connectivity index (χ4n) is 3.30. The first-order valence-electron chi connectivity index (χ1n) is 10.9. The Labute approximate surface area is 202 Å². The van der Waals surface area contributed by atoms with Crippen molar-refractivity contribution in [3.63, 3.8) is 0 Å². The van der Waals surface area contributed by atoms with Gasteiger partial charge in [-0.15, -0.1) is 10.2 Å². The van der Waals surface area contributed by atoms with Gasteiger partial charge in [0, 0.05) is 23.6 Å². The Morgan fingerprint density at radius 3 is 2.50 bits per heavy atom. The molecule has 0 atom stereocenters. The highest BCUT2D eigenvalue weighted by Gasteiger charge is 2.18. The third-order valence-corrected chi connectivity index (χ3v) is 5.68. The zero-order valence-corrected chi connectivity index (χ0v) is 19.8. The third-order valence-electron chi connectivity index (χ3n) is 4.75. The Balaban J connectivity index is 1.57. The Bertz CT molecular complexity index is 1230. The molecular formula is C25H25N5O3S. The SMILES string of the molecule is CCOc1ccc(-n2c(SCC(=O)Nc3ccccc3OCC)nnc2-c2cccnc2)cc1. The molecule has 34 heavy (non-hydrogen) atoms. The number of aromatic nitrogens is 4. The minimum atomic E-state index is -0.165. The van der Waals surface area contributed by atoms with Crippen molar-refractivity contribution in [1.29, 1.82) is 0 Å². The molecule has 174 valence electrons. The summed E-state index contributed by atoms with van der Waals surface area (Å²) in [5.41, 5.74) is 2.32. The molecule has 4 aromatic rings. The summed E-state index contributed by atoms with van der Waals surface area (Å²) < 4.78 is 13.1. The van der Waals surface area contributed by atoms with Gasteiger partial charge in [-0.1, -0.05) is 23.9 Å². The highest BCUT2D eigenvalue weighted by Crippen LogP contribution is 2.29. The first-order valence-corrected chi connectivity index (χ1v) is 11.9. The molecule has 0 unspecified atom stereocenters. The molecule has 0 spiro atoms. The maximum Gasteiger partial charge on any atom is 0.234 e. The van der Waals surface area contributed by atoms with E-state index in [-0.39, 0.29) is 11.7 Å². The maximum absolute atomic E-state index is 12.7. The lowest BCUT2D eigenvalue weighted by Gasteiger charge is -2.12. The number of pyridine rings is 1. The van der Waals surface area contributed by atoms with Gasteiger partial charge >= 0.3 is 0 Å². The summed E-state index contributed by atoms with van der Waals surface area (Å²) in [5, 5.41) is 12.3. The molecule has 0 bridgehead atoms. The van der Waals surface area contributed by atoms with Gasteiger partial charge in [-0.05, 0) is 62.4 Å². The van der Waals surface area contributed by atoms with E-state index in [1.54, 1.807) is 12.4 Å². The molecule has 8 nitrogen and oxygen atoms in total. The quantitative estimate of drug-likeness (QED) is 0.328. The van der Waals surface area contributed by atoms with E-state index in [0.717, 1.165) is 17.0 Å². The number of ether oxygens (including phenoxy) is 2. The Hall–Kier alpha value is -3.85. The van der Waals surface area contributed by atoms with Crippen LogP contribution >= 0.6 is 11.8 Å². The van der Waals surface area contributed by atoms with E-state index in [1.165, 1.54) is 11.8 Å². The second kappa shape index (κ2) is 11.3. The van der Waals surface area contributed by atoms with Crippen LogP contribution in [0.3, 0.4) is 0 Å². The van der Waals surface area contributed by atoms with Gasteiger partial charge in [0.1, 0.15) is 11.5 Å². The van der Waals surface area contributed by atoms with Crippen molar-refractivity contribution in [2.75, 3.05) is 24.3 Å². The Morgan fingerprint density at radius 1 is 0.971 bits per heavy atom. The predicted molar refractivity (Wildman–Crippen MR) is 133 cm³/mol. The van der Waals surface area contributed by atoms with Crippen LogP contribution in [0.2, 0.25) is 0 Å². The molecule has 0 saturated carbocycles. The van der Waals surface area contributed by atoms with Crippen LogP contribution in [-0.2, 0) is 4.79 Å². The lowest BCUT2D eigenvalue weighted by Crippen LogP contribution is -2.15. The first kappa shape index (κ1) is 23.3. The largest absolute Gasteiger partial charge is 0.494 e. The molecule has 0 aliphatic carbocycles. The Kier molecular flexibility index (Phi) is 7.77. The number of hydrogen-bond donors (Lipinski definition) is 1. The molecular weight excluding hydrogens is 450 g/mol. The summed E-state index contributed by atoms with van der Waals surface area (Å²) in [4.78, 5) is 16.9. The maximum atomic E-state index is 12.7. The molecule has 1 N–H and O–H groups in total. The second-order valence-corrected chi connectivity index (χ2v) is 8.02. The van der Waals surface area contributed by atoms with Crippen LogP contribution in [0.15, 0.2) is 78.2 Å². The van der Waals surface area contributed by atoms with Gasteiger partial charge in [0.15, 0.2) is 11.0 Å². The number of carbonyl (C=O) groups is 1. The van der Waals surface area contributed by atoms with Crippen LogP contribution in [0.5, 0.6) is 11.5 Å². The van der Waals surface area contributed by atoms with Crippen molar-refractivity contribution < 1.29 is 14.3 Å². The van der Waals surface area contributed by atoms with Gasteiger partial charge in [0.25, 0.3) is 0 Å². The van der Waals surface area contributed by atoms with Gasteiger partial charge in [-0.2, -0.15) is 0 Å². The molecule has 2 aromatic heterocycles. The second-order valence-electron chi connectivity index (χ2n) is 7.08. The molecule has 9 heteroatoms. The normalized spacial score (nSPS) is 10.6. The number of benzene rings is 2. The van der Waals surface area contributed by atoms with Crippen LogP contribution in [-0.4, -0.2) is 44.6 Å². The minimum Gasteiger partial charge on any atom is -0.494 e. The van der Waals surface area contributed by atoms with E-state index in [0.29, 0.717) is 35.6 Å². The molecule has 2 heterocycles. The summed E-state index contributed by atoms with van der Waals surface area (Å²) in [5.74, 6) is 2.05. The molecule has 0 saturated heterocycles. The highest BCUT2D eigenvalue weighted by atomic mass is 32.2. The van der Waals surface area contributed by atoms with E-state index in [1.807, 2.05) is 79.1 Å². The van der Waals surface area contributed by atoms with Crippen LogP contribution in [0.4, 0.5) is 5.69 Å². The van der Waals surface area contributed by atoms with Crippen molar-refractivity contribution in [2.24, 2.45) is 0 Å². The minimum absolute atomic E-state index is 0.155. The van der Waals surface area contributed by atoms with Gasteiger partial charge in [-0.3, -0.25) is 14.3 Å². The topological polar surface area (TPSA) is 91.2 Å². The monoisotopic (exact) mass is 475 g/mol. The van der Waals surface area contributed by atoms with Crippen LogP contribution in [0, 0.1) is 0 Å². The van der Waals surface area contributed by atoms with Crippen LogP contribution in [0.1, 0.15) is 13.8 Å². The highest BCUT2D eigenvalue weighted by molar-refractivity contribution is 7.99. The zero-order chi connectivity index (χ0) is 23.8. The molecule has 2 aromatic carbocycles. The lowest BCUT2D eigenvalue weighted by molar-refractivity contribution is -0.113.